The monoisotopic (exact) mass is 457 g/mol. The molecule has 158 valence electrons. The van der Waals surface area contributed by atoms with Crippen LogP contribution in [-0.4, -0.2) is 29.9 Å². The van der Waals surface area contributed by atoms with Gasteiger partial charge >= 0.3 is 0 Å². The maximum atomic E-state index is 5.50. The molecule has 5 rings (SSSR count). The maximum absolute atomic E-state index is 5.50. The Kier molecular flexibility index (Phi) is 5.83. The number of hydrogen-bond donors (Lipinski definition) is 0. The zero-order valence-corrected chi connectivity index (χ0v) is 19.1. The van der Waals surface area contributed by atoms with Crippen LogP contribution in [0.25, 0.3) is 0 Å². The molecule has 32 heavy (non-hydrogen) atoms. The van der Waals surface area contributed by atoms with Crippen LogP contribution in [-0.2, 0) is 0 Å². The molecule has 0 atom stereocenters. The summed E-state index contributed by atoms with van der Waals surface area (Å²) in [6.45, 7) is 0. The molecule has 0 amide bonds. The Morgan fingerprint density at radius 2 is 1.56 bits per heavy atom. The summed E-state index contributed by atoms with van der Waals surface area (Å²) in [7, 11) is 3.34. The topological polar surface area (TPSA) is 56.6 Å². The first-order valence-corrected chi connectivity index (χ1v) is 11.6. The number of fused-ring (bicyclic) bond motifs is 2. The summed E-state index contributed by atoms with van der Waals surface area (Å²) in [6.07, 6.45) is 1.60. The third kappa shape index (κ3) is 4.09. The van der Waals surface area contributed by atoms with Gasteiger partial charge in [-0.1, -0.05) is 53.9 Å². The summed E-state index contributed by atoms with van der Waals surface area (Å²) in [5.41, 5.74) is 3.68. The zero-order chi connectivity index (χ0) is 21.9. The molecular weight excluding hydrogens is 438 g/mol. The first-order valence-electron chi connectivity index (χ1n) is 9.92. The van der Waals surface area contributed by atoms with Crippen LogP contribution in [0, 0.1) is 0 Å². The van der Waals surface area contributed by atoms with Crippen LogP contribution >= 0.6 is 23.5 Å². The standard InChI is InChI=1S/C25H19N3O2S2/c1-29-17-8-11-19(12-9-17)31-24-23-25(27-15-26-24)32-21-13-10-18(30-2)14-20(21)22(28-23)16-6-4-3-5-7-16/h3-15H,1-2H3. The highest BCUT2D eigenvalue weighted by Gasteiger charge is 2.23. The van der Waals surface area contributed by atoms with Gasteiger partial charge in [-0.25, -0.2) is 15.0 Å². The van der Waals surface area contributed by atoms with Crippen molar-refractivity contribution in [1.82, 2.24) is 9.97 Å². The average Bonchev–Trinajstić information content (AvgIpc) is 3.02. The highest BCUT2D eigenvalue weighted by atomic mass is 32.2. The van der Waals surface area contributed by atoms with Crippen LogP contribution in [0.15, 0.2) is 104 Å². The molecule has 0 radical (unpaired) electrons. The van der Waals surface area contributed by atoms with Gasteiger partial charge in [0.05, 0.1) is 19.9 Å². The molecule has 5 nitrogen and oxygen atoms in total. The van der Waals surface area contributed by atoms with Crippen LogP contribution in [0.2, 0.25) is 0 Å². The third-order valence-corrected chi connectivity index (χ3v) is 7.02. The van der Waals surface area contributed by atoms with Crippen LogP contribution in [0.4, 0.5) is 5.69 Å². The minimum atomic E-state index is 0.771. The number of methoxy groups -OCH3 is 2. The number of rotatable bonds is 5. The average molecular weight is 458 g/mol. The Bertz CT molecular complexity index is 1290. The number of nitrogens with zero attached hydrogens (tertiary/aromatic N) is 3. The highest BCUT2D eigenvalue weighted by Crippen LogP contribution is 2.45. The van der Waals surface area contributed by atoms with Gasteiger partial charge in [-0.3, -0.25) is 0 Å². The molecule has 0 bridgehead atoms. The number of aliphatic imine (C=N–C) groups is 1. The van der Waals surface area contributed by atoms with E-state index in [1.54, 1.807) is 44.1 Å². The van der Waals surface area contributed by atoms with Crippen LogP contribution in [0.5, 0.6) is 11.5 Å². The molecule has 0 spiro atoms. The molecule has 0 unspecified atom stereocenters. The van der Waals surface area contributed by atoms with Gasteiger partial charge in [-0.15, -0.1) is 0 Å². The first kappa shape index (κ1) is 20.6. The molecule has 0 fully saturated rings. The molecule has 2 heterocycles. The molecule has 0 saturated heterocycles. The van der Waals surface area contributed by atoms with Gasteiger partial charge in [0.2, 0.25) is 0 Å². The quantitative estimate of drug-likeness (QED) is 0.290. The lowest BCUT2D eigenvalue weighted by Gasteiger charge is -2.11. The van der Waals surface area contributed by atoms with Gasteiger partial charge in [-0.2, -0.15) is 0 Å². The van der Waals surface area contributed by atoms with Gasteiger partial charge in [0.25, 0.3) is 0 Å². The largest absolute Gasteiger partial charge is 0.497 e. The predicted molar refractivity (Wildman–Crippen MR) is 128 cm³/mol. The van der Waals surface area contributed by atoms with E-state index in [0.29, 0.717) is 0 Å². The van der Waals surface area contributed by atoms with Gasteiger partial charge in [0.1, 0.15) is 33.6 Å². The van der Waals surface area contributed by atoms with E-state index in [1.165, 1.54) is 0 Å². The van der Waals surface area contributed by atoms with E-state index in [-0.39, 0.29) is 0 Å². The fourth-order valence-corrected chi connectivity index (χ4v) is 5.20. The molecule has 1 aliphatic heterocycles. The third-order valence-electron chi connectivity index (χ3n) is 4.95. The fourth-order valence-electron chi connectivity index (χ4n) is 3.35. The van der Waals surface area contributed by atoms with Gasteiger partial charge in [0.15, 0.2) is 0 Å². The molecule has 7 heteroatoms. The molecule has 4 aromatic rings. The number of benzene rings is 3. The van der Waals surface area contributed by atoms with Crippen LogP contribution < -0.4 is 9.47 Å². The van der Waals surface area contributed by atoms with E-state index >= 15 is 0 Å². The molecule has 1 aliphatic rings. The Hall–Kier alpha value is -3.29. The van der Waals surface area contributed by atoms with E-state index in [1.807, 2.05) is 54.6 Å². The molecule has 0 N–H and O–H groups in total. The van der Waals surface area contributed by atoms with Crippen LogP contribution in [0.3, 0.4) is 0 Å². The summed E-state index contributed by atoms with van der Waals surface area (Å²) in [4.78, 5) is 16.4. The minimum Gasteiger partial charge on any atom is -0.497 e. The van der Waals surface area contributed by atoms with E-state index in [2.05, 4.69) is 28.2 Å². The van der Waals surface area contributed by atoms with Crippen molar-refractivity contribution in [2.45, 2.75) is 19.8 Å². The normalized spacial score (nSPS) is 12.2. The van der Waals surface area contributed by atoms with E-state index in [0.717, 1.165) is 53.9 Å². The lowest BCUT2D eigenvalue weighted by molar-refractivity contribution is 0.414. The van der Waals surface area contributed by atoms with Crippen molar-refractivity contribution in [2.24, 2.45) is 4.99 Å². The van der Waals surface area contributed by atoms with E-state index in [9.17, 15) is 0 Å². The number of aromatic nitrogens is 2. The van der Waals surface area contributed by atoms with Crippen molar-refractivity contribution in [2.75, 3.05) is 14.2 Å². The minimum absolute atomic E-state index is 0.771. The maximum Gasteiger partial charge on any atom is 0.131 e. The Labute approximate surface area is 194 Å². The van der Waals surface area contributed by atoms with Crippen molar-refractivity contribution < 1.29 is 9.47 Å². The summed E-state index contributed by atoms with van der Waals surface area (Å²) in [6, 6.07) is 24.2. The second-order valence-electron chi connectivity index (χ2n) is 6.90. The summed E-state index contributed by atoms with van der Waals surface area (Å²) >= 11 is 3.16. The Balaban J connectivity index is 1.66. The van der Waals surface area contributed by atoms with Gasteiger partial charge in [0, 0.05) is 20.9 Å². The summed E-state index contributed by atoms with van der Waals surface area (Å²) in [5, 5.41) is 1.63. The second kappa shape index (κ2) is 9.06. The first-order chi connectivity index (χ1) is 15.7. The van der Waals surface area contributed by atoms with Crippen molar-refractivity contribution in [3.8, 4) is 11.5 Å². The lowest BCUT2D eigenvalue weighted by Crippen LogP contribution is -2.04. The molecule has 0 aliphatic carbocycles. The zero-order valence-electron chi connectivity index (χ0n) is 17.5. The summed E-state index contributed by atoms with van der Waals surface area (Å²) < 4.78 is 10.8. The molecular formula is C25H19N3O2S2. The van der Waals surface area contributed by atoms with Crippen molar-refractivity contribution >= 4 is 34.9 Å². The van der Waals surface area contributed by atoms with E-state index in [4.69, 9.17) is 14.5 Å². The van der Waals surface area contributed by atoms with Crippen LogP contribution in [0.1, 0.15) is 11.1 Å². The summed E-state index contributed by atoms with van der Waals surface area (Å²) in [5.74, 6) is 1.61. The molecule has 0 saturated carbocycles. The Morgan fingerprint density at radius 3 is 2.31 bits per heavy atom. The second-order valence-corrected chi connectivity index (χ2v) is 8.99. The number of hydrogen-bond acceptors (Lipinski definition) is 7. The smallest absolute Gasteiger partial charge is 0.131 e. The fraction of sp³-hybridized carbons (Fsp3) is 0.0800. The Morgan fingerprint density at radius 1 is 0.812 bits per heavy atom. The predicted octanol–water partition coefficient (Wildman–Crippen LogP) is 6.28. The SMILES string of the molecule is COc1ccc(Sc2ncnc3c2N=C(c2ccccc2)c2cc(OC)ccc2S3)cc1. The molecule has 3 aromatic carbocycles. The van der Waals surface area contributed by atoms with Gasteiger partial charge in [-0.05, 0) is 42.5 Å². The van der Waals surface area contributed by atoms with Crippen molar-refractivity contribution in [1.29, 1.82) is 0 Å². The number of ether oxygens (including phenoxy) is 2. The highest BCUT2D eigenvalue weighted by molar-refractivity contribution is 8.00. The van der Waals surface area contributed by atoms with Crippen molar-refractivity contribution in [3.63, 3.8) is 0 Å². The lowest BCUT2D eigenvalue weighted by atomic mass is 10.0. The van der Waals surface area contributed by atoms with Crippen molar-refractivity contribution in [3.05, 3.63) is 90.3 Å². The molecule has 1 aromatic heterocycles. The van der Waals surface area contributed by atoms with E-state index < -0.39 is 0 Å². The van der Waals surface area contributed by atoms with Gasteiger partial charge < -0.3 is 9.47 Å².